The van der Waals surface area contributed by atoms with Gasteiger partial charge in [-0.3, -0.25) is 0 Å². The van der Waals surface area contributed by atoms with Crippen LogP contribution in [0.1, 0.15) is 29.5 Å². The van der Waals surface area contributed by atoms with Gasteiger partial charge in [-0.2, -0.15) is 0 Å². The van der Waals surface area contributed by atoms with Gasteiger partial charge in [0.25, 0.3) is 0 Å². The monoisotopic (exact) mass is 354 g/mol. The summed E-state index contributed by atoms with van der Waals surface area (Å²) < 4.78 is 11.7. The van der Waals surface area contributed by atoms with Crippen LogP contribution >= 0.6 is 0 Å². The fraction of sp³-hybridized carbons (Fsp3) is 0.455. The van der Waals surface area contributed by atoms with Crippen LogP contribution in [0.25, 0.3) is 0 Å². The van der Waals surface area contributed by atoms with Crippen LogP contribution in [-0.4, -0.2) is 26.7 Å². The summed E-state index contributed by atoms with van der Waals surface area (Å²) in [7, 11) is 1.69. The third-order valence-electron chi connectivity index (χ3n) is 4.99. The number of methoxy groups -OCH3 is 1. The highest BCUT2D eigenvalue weighted by molar-refractivity contribution is 5.46. The zero-order valence-corrected chi connectivity index (χ0v) is 15.9. The van der Waals surface area contributed by atoms with Crippen LogP contribution in [0, 0.1) is 12.8 Å². The molecule has 0 radical (unpaired) electrons. The topological polar surface area (TPSA) is 42.5 Å². The molecule has 1 aliphatic rings. The van der Waals surface area contributed by atoms with Crippen LogP contribution in [0.4, 0.5) is 0 Å². The minimum absolute atomic E-state index is 0.544. The van der Waals surface area contributed by atoms with E-state index >= 15 is 0 Å². The molecule has 3 rings (SSSR count). The molecule has 0 saturated carbocycles. The Balaban J connectivity index is 1.62. The van der Waals surface area contributed by atoms with E-state index in [1.54, 1.807) is 7.11 Å². The first-order valence-corrected chi connectivity index (χ1v) is 9.52. The highest BCUT2D eigenvalue weighted by atomic mass is 16.5. The SMILES string of the molecule is COc1cccc(CNCC2CCNCC2)c1OCc1ccc(C)cc1. The molecule has 2 N–H and O–H groups in total. The second-order valence-electron chi connectivity index (χ2n) is 7.05. The molecule has 0 bridgehead atoms. The minimum Gasteiger partial charge on any atom is -0.493 e. The molecule has 0 atom stereocenters. The van der Waals surface area contributed by atoms with Crippen molar-refractivity contribution in [1.29, 1.82) is 0 Å². The molecule has 1 aliphatic heterocycles. The fourth-order valence-corrected chi connectivity index (χ4v) is 3.36. The van der Waals surface area contributed by atoms with Gasteiger partial charge in [-0.05, 0) is 56.9 Å². The standard InChI is InChI=1S/C22H30N2O2/c1-17-6-8-19(9-7-17)16-26-22-20(4-3-5-21(22)25-2)15-24-14-18-10-12-23-13-11-18/h3-9,18,23-24H,10-16H2,1-2H3. The number of hydrogen-bond acceptors (Lipinski definition) is 4. The number of nitrogens with one attached hydrogen (secondary N) is 2. The van der Waals surface area contributed by atoms with E-state index in [-0.39, 0.29) is 0 Å². The largest absolute Gasteiger partial charge is 0.493 e. The predicted molar refractivity (Wildman–Crippen MR) is 106 cm³/mol. The van der Waals surface area contributed by atoms with Crippen molar-refractivity contribution in [2.24, 2.45) is 5.92 Å². The number of benzene rings is 2. The van der Waals surface area contributed by atoms with Gasteiger partial charge in [-0.15, -0.1) is 0 Å². The van der Waals surface area contributed by atoms with E-state index < -0.39 is 0 Å². The highest BCUT2D eigenvalue weighted by Gasteiger charge is 2.14. The number of para-hydroxylation sites is 1. The Morgan fingerprint density at radius 1 is 1.08 bits per heavy atom. The average Bonchev–Trinajstić information content (AvgIpc) is 2.69. The Morgan fingerprint density at radius 3 is 2.58 bits per heavy atom. The molecule has 0 spiro atoms. The zero-order chi connectivity index (χ0) is 18.2. The van der Waals surface area contributed by atoms with Crippen LogP contribution in [0.2, 0.25) is 0 Å². The van der Waals surface area contributed by atoms with Crippen molar-refractivity contribution in [3.8, 4) is 11.5 Å². The Bertz CT molecular complexity index is 679. The van der Waals surface area contributed by atoms with Crippen molar-refractivity contribution in [3.63, 3.8) is 0 Å². The molecule has 0 aromatic heterocycles. The Hall–Kier alpha value is -2.04. The number of piperidine rings is 1. The van der Waals surface area contributed by atoms with Gasteiger partial charge in [0.1, 0.15) is 6.61 Å². The smallest absolute Gasteiger partial charge is 0.166 e. The number of aryl methyl sites for hydroxylation is 1. The molecule has 0 aliphatic carbocycles. The quantitative estimate of drug-likeness (QED) is 0.759. The first-order valence-electron chi connectivity index (χ1n) is 9.52. The highest BCUT2D eigenvalue weighted by Crippen LogP contribution is 2.32. The van der Waals surface area contributed by atoms with E-state index in [1.165, 1.54) is 18.4 Å². The number of hydrogen-bond donors (Lipinski definition) is 2. The maximum Gasteiger partial charge on any atom is 0.166 e. The molecule has 2 aromatic rings. The van der Waals surface area contributed by atoms with Crippen LogP contribution in [0.15, 0.2) is 42.5 Å². The van der Waals surface area contributed by atoms with Gasteiger partial charge in [0.2, 0.25) is 0 Å². The van der Waals surface area contributed by atoms with Crippen molar-refractivity contribution in [1.82, 2.24) is 10.6 Å². The van der Waals surface area contributed by atoms with E-state index in [0.29, 0.717) is 6.61 Å². The maximum atomic E-state index is 6.15. The average molecular weight is 354 g/mol. The molecular formula is C22H30N2O2. The molecular weight excluding hydrogens is 324 g/mol. The molecule has 0 amide bonds. The molecule has 0 unspecified atom stereocenters. The molecule has 1 fully saturated rings. The Morgan fingerprint density at radius 2 is 1.85 bits per heavy atom. The van der Waals surface area contributed by atoms with Gasteiger partial charge in [0, 0.05) is 12.1 Å². The molecule has 140 valence electrons. The summed E-state index contributed by atoms with van der Waals surface area (Å²) in [6, 6.07) is 14.5. The van der Waals surface area contributed by atoms with Gasteiger partial charge >= 0.3 is 0 Å². The van der Waals surface area contributed by atoms with E-state index in [2.05, 4.69) is 47.9 Å². The Kier molecular flexibility index (Phi) is 6.92. The molecule has 1 saturated heterocycles. The normalized spacial score (nSPS) is 15.0. The van der Waals surface area contributed by atoms with Crippen molar-refractivity contribution in [2.45, 2.75) is 32.9 Å². The third-order valence-corrected chi connectivity index (χ3v) is 4.99. The summed E-state index contributed by atoms with van der Waals surface area (Å²) in [4.78, 5) is 0. The lowest BCUT2D eigenvalue weighted by Gasteiger charge is -2.23. The van der Waals surface area contributed by atoms with Crippen molar-refractivity contribution in [2.75, 3.05) is 26.7 Å². The van der Waals surface area contributed by atoms with Crippen LogP contribution in [0.3, 0.4) is 0 Å². The molecule has 1 heterocycles. The first-order chi connectivity index (χ1) is 12.8. The lowest BCUT2D eigenvalue weighted by molar-refractivity contribution is 0.280. The lowest BCUT2D eigenvalue weighted by atomic mass is 9.98. The second-order valence-corrected chi connectivity index (χ2v) is 7.05. The van der Waals surface area contributed by atoms with Gasteiger partial charge in [-0.25, -0.2) is 0 Å². The zero-order valence-electron chi connectivity index (χ0n) is 15.9. The van der Waals surface area contributed by atoms with Crippen LogP contribution < -0.4 is 20.1 Å². The summed E-state index contributed by atoms with van der Waals surface area (Å²) >= 11 is 0. The summed E-state index contributed by atoms with van der Waals surface area (Å²) in [5.41, 5.74) is 3.56. The summed E-state index contributed by atoms with van der Waals surface area (Å²) in [6.07, 6.45) is 2.50. The second kappa shape index (κ2) is 9.60. The van der Waals surface area contributed by atoms with E-state index in [0.717, 1.165) is 54.7 Å². The van der Waals surface area contributed by atoms with Crippen molar-refractivity contribution >= 4 is 0 Å². The van der Waals surface area contributed by atoms with Gasteiger partial charge in [0.05, 0.1) is 7.11 Å². The van der Waals surface area contributed by atoms with Crippen LogP contribution in [0.5, 0.6) is 11.5 Å². The van der Waals surface area contributed by atoms with Crippen LogP contribution in [-0.2, 0) is 13.2 Å². The van der Waals surface area contributed by atoms with E-state index in [1.807, 2.05) is 12.1 Å². The van der Waals surface area contributed by atoms with Gasteiger partial charge < -0.3 is 20.1 Å². The van der Waals surface area contributed by atoms with Gasteiger partial charge in [-0.1, -0.05) is 42.0 Å². The fourth-order valence-electron chi connectivity index (χ4n) is 3.36. The molecule has 26 heavy (non-hydrogen) atoms. The lowest BCUT2D eigenvalue weighted by Crippen LogP contribution is -2.33. The number of rotatable bonds is 8. The molecule has 4 nitrogen and oxygen atoms in total. The third kappa shape index (κ3) is 5.23. The maximum absolute atomic E-state index is 6.15. The molecule has 4 heteroatoms. The molecule has 2 aromatic carbocycles. The predicted octanol–water partition coefficient (Wildman–Crippen LogP) is 3.67. The minimum atomic E-state index is 0.544. The van der Waals surface area contributed by atoms with E-state index in [9.17, 15) is 0 Å². The summed E-state index contributed by atoms with van der Waals surface area (Å²) in [5, 5.41) is 7.02. The van der Waals surface area contributed by atoms with Gasteiger partial charge in [0.15, 0.2) is 11.5 Å². The van der Waals surface area contributed by atoms with Crippen molar-refractivity contribution < 1.29 is 9.47 Å². The Labute approximate surface area is 156 Å². The van der Waals surface area contributed by atoms with E-state index in [4.69, 9.17) is 9.47 Å². The summed E-state index contributed by atoms with van der Waals surface area (Å²) in [5.74, 6) is 2.39. The summed E-state index contributed by atoms with van der Waals surface area (Å²) in [6.45, 7) is 6.76. The first kappa shape index (κ1) is 18.7. The number of ether oxygens (including phenoxy) is 2. The van der Waals surface area contributed by atoms with Crippen molar-refractivity contribution in [3.05, 3.63) is 59.2 Å².